The smallest absolute Gasteiger partial charge is 0.242 e. The molecular weight excluding hydrogens is 402 g/mol. The molecule has 1 aliphatic rings. The number of fused-ring (bicyclic) bond motifs is 1. The first-order valence-corrected chi connectivity index (χ1v) is 10.1. The van der Waals surface area contributed by atoms with E-state index >= 15 is 0 Å². The number of rotatable bonds is 5. The van der Waals surface area contributed by atoms with Crippen LogP contribution in [0.4, 0.5) is 0 Å². The molecule has 0 saturated heterocycles. The number of hydrogen-bond acceptors (Lipinski definition) is 5. The molecule has 0 fully saturated rings. The number of hydrogen-bond donors (Lipinski definition) is 0. The summed E-state index contributed by atoms with van der Waals surface area (Å²) in [6.07, 6.45) is 0.883. The van der Waals surface area contributed by atoms with Crippen molar-refractivity contribution in [2.45, 2.75) is 25.8 Å². The van der Waals surface area contributed by atoms with Crippen molar-refractivity contribution in [3.05, 3.63) is 64.8 Å². The predicted molar refractivity (Wildman–Crippen MR) is 117 cm³/mol. The van der Waals surface area contributed by atoms with Gasteiger partial charge in [-0.05, 0) is 36.4 Å². The van der Waals surface area contributed by atoms with Crippen molar-refractivity contribution in [3.8, 4) is 11.5 Å². The van der Waals surface area contributed by atoms with Gasteiger partial charge in [-0.15, -0.1) is 0 Å². The zero-order valence-corrected chi connectivity index (χ0v) is 17.8. The second-order valence-electron chi connectivity index (χ2n) is 7.02. The normalized spacial score (nSPS) is 15.9. The molecule has 1 amide bonds. The number of benzene rings is 2. The molecule has 4 rings (SSSR count). The molecule has 0 aliphatic carbocycles. The van der Waals surface area contributed by atoms with Crippen LogP contribution in [0.15, 0.2) is 53.6 Å². The first kappa shape index (κ1) is 20.2. The van der Waals surface area contributed by atoms with Crippen LogP contribution in [0.25, 0.3) is 10.9 Å². The van der Waals surface area contributed by atoms with Gasteiger partial charge in [-0.2, -0.15) is 5.10 Å². The van der Waals surface area contributed by atoms with E-state index in [1.165, 1.54) is 5.01 Å². The zero-order valence-electron chi connectivity index (χ0n) is 17.1. The van der Waals surface area contributed by atoms with Gasteiger partial charge in [0.2, 0.25) is 5.91 Å². The number of carbonyl (C=O) groups is 1. The van der Waals surface area contributed by atoms with Gasteiger partial charge < -0.3 is 9.47 Å². The number of carbonyl (C=O) groups excluding carboxylic acids is 1. The third-order valence-corrected chi connectivity index (χ3v) is 5.54. The SMILES string of the molecule is CCC(=O)N1N=C(c2cccc(OC)c2)C[C@H]1c1cc2cc(OC)ccc2nc1Cl. The number of ether oxygens (including phenoxy) is 2. The summed E-state index contributed by atoms with van der Waals surface area (Å²) in [5, 5.41) is 7.45. The summed E-state index contributed by atoms with van der Waals surface area (Å²) < 4.78 is 10.7. The number of aromatic nitrogens is 1. The van der Waals surface area contributed by atoms with Crippen LogP contribution < -0.4 is 9.47 Å². The second-order valence-corrected chi connectivity index (χ2v) is 7.38. The lowest BCUT2D eigenvalue weighted by molar-refractivity contribution is -0.132. The van der Waals surface area contributed by atoms with Gasteiger partial charge in [-0.25, -0.2) is 9.99 Å². The Balaban J connectivity index is 1.77. The molecule has 2 aromatic carbocycles. The molecular formula is C23H22ClN3O3. The third kappa shape index (κ3) is 3.71. The molecule has 0 N–H and O–H groups in total. The minimum absolute atomic E-state index is 0.0697. The highest BCUT2D eigenvalue weighted by molar-refractivity contribution is 6.30. The van der Waals surface area contributed by atoms with E-state index in [0.29, 0.717) is 18.0 Å². The van der Waals surface area contributed by atoms with Crippen LogP contribution in [-0.4, -0.2) is 35.8 Å². The van der Waals surface area contributed by atoms with E-state index in [0.717, 1.165) is 39.2 Å². The molecule has 0 bridgehead atoms. The van der Waals surface area contributed by atoms with Crippen LogP contribution in [0.2, 0.25) is 5.15 Å². The van der Waals surface area contributed by atoms with Gasteiger partial charge in [0, 0.05) is 29.4 Å². The average molecular weight is 424 g/mol. The molecule has 7 heteroatoms. The van der Waals surface area contributed by atoms with Crippen LogP contribution in [0.5, 0.6) is 11.5 Å². The molecule has 6 nitrogen and oxygen atoms in total. The Morgan fingerprint density at radius 2 is 1.90 bits per heavy atom. The number of methoxy groups -OCH3 is 2. The van der Waals surface area contributed by atoms with E-state index in [4.69, 9.17) is 21.1 Å². The Hall–Kier alpha value is -3.12. The number of nitrogens with zero attached hydrogens (tertiary/aromatic N) is 3. The molecule has 154 valence electrons. The Bertz CT molecular complexity index is 1150. The van der Waals surface area contributed by atoms with Crippen molar-refractivity contribution in [1.82, 2.24) is 9.99 Å². The minimum atomic E-state index is -0.325. The maximum absolute atomic E-state index is 12.7. The van der Waals surface area contributed by atoms with Gasteiger partial charge in [-0.1, -0.05) is 30.7 Å². The quantitative estimate of drug-likeness (QED) is 0.542. The van der Waals surface area contributed by atoms with Crippen LogP contribution >= 0.6 is 11.6 Å². The maximum Gasteiger partial charge on any atom is 0.242 e. The van der Waals surface area contributed by atoms with Crippen molar-refractivity contribution in [2.75, 3.05) is 14.2 Å². The molecule has 3 aromatic rings. The van der Waals surface area contributed by atoms with Gasteiger partial charge in [0.1, 0.15) is 16.7 Å². The third-order valence-electron chi connectivity index (χ3n) is 5.23. The molecule has 1 atom stereocenters. The molecule has 0 unspecified atom stereocenters. The van der Waals surface area contributed by atoms with Gasteiger partial charge >= 0.3 is 0 Å². The van der Waals surface area contributed by atoms with E-state index in [9.17, 15) is 4.79 Å². The molecule has 30 heavy (non-hydrogen) atoms. The van der Waals surface area contributed by atoms with Crippen molar-refractivity contribution >= 4 is 34.1 Å². The summed E-state index contributed by atoms with van der Waals surface area (Å²) in [5.74, 6) is 1.41. The molecule has 1 aliphatic heterocycles. The highest BCUT2D eigenvalue weighted by Gasteiger charge is 2.34. The summed E-state index contributed by atoms with van der Waals surface area (Å²) in [5.41, 5.74) is 3.26. The van der Waals surface area contributed by atoms with Crippen LogP contribution in [0.1, 0.15) is 36.9 Å². The number of hydrazone groups is 1. The summed E-state index contributed by atoms with van der Waals surface area (Å²) in [6.45, 7) is 1.82. The van der Waals surface area contributed by atoms with E-state index in [1.54, 1.807) is 14.2 Å². The van der Waals surface area contributed by atoms with Gasteiger partial charge in [0.25, 0.3) is 0 Å². The van der Waals surface area contributed by atoms with E-state index in [1.807, 2.05) is 55.5 Å². The summed E-state index contributed by atoms with van der Waals surface area (Å²) in [4.78, 5) is 17.2. The van der Waals surface area contributed by atoms with Crippen molar-refractivity contribution in [2.24, 2.45) is 5.10 Å². The van der Waals surface area contributed by atoms with Crippen molar-refractivity contribution in [3.63, 3.8) is 0 Å². The van der Waals surface area contributed by atoms with E-state index in [-0.39, 0.29) is 11.9 Å². The number of amides is 1. The fourth-order valence-electron chi connectivity index (χ4n) is 3.63. The van der Waals surface area contributed by atoms with Gasteiger partial charge in [0.05, 0.1) is 31.5 Å². The largest absolute Gasteiger partial charge is 0.497 e. The highest BCUT2D eigenvalue weighted by Crippen LogP contribution is 2.38. The number of halogens is 1. The van der Waals surface area contributed by atoms with Crippen LogP contribution in [0.3, 0.4) is 0 Å². The van der Waals surface area contributed by atoms with Crippen molar-refractivity contribution in [1.29, 1.82) is 0 Å². The monoisotopic (exact) mass is 423 g/mol. The van der Waals surface area contributed by atoms with E-state index < -0.39 is 0 Å². The first-order valence-electron chi connectivity index (χ1n) is 9.72. The molecule has 0 spiro atoms. The average Bonchev–Trinajstić information content (AvgIpc) is 3.23. The lowest BCUT2D eigenvalue weighted by Crippen LogP contribution is -2.26. The fourth-order valence-corrected chi connectivity index (χ4v) is 3.90. The molecule has 1 aromatic heterocycles. The van der Waals surface area contributed by atoms with Gasteiger partial charge in [0.15, 0.2) is 0 Å². The summed E-state index contributed by atoms with van der Waals surface area (Å²) in [6, 6.07) is 14.9. The molecule has 0 saturated carbocycles. The summed E-state index contributed by atoms with van der Waals surface area (Å²) in [7, 11) is 3.25. The Kier molecular flexibility index (Phi) is 5.59. The topological polar surface area (TPSA) is 64.0 Å². The van der Waals surface area contributed by atoms with Crippen LogP contribution in [0, 0.1) is 0 Å². The van der Waals surface area contributed by atoms with Crippen molar-refractivity contribution < 1.29 is 14.3 Å². The Morgan fingerprint density at radius 3 is 2.63 bits per heavy atom. The van der Waals surface area contributed by atoms with Crippen LogP contribution in [-0.2, 0) is 4.79 Å². The molecule has 2 heterocycles. The standard InChI is InChI=1S/C23H22ClN3O3/c1-4-22(28)27-21(13-20(26-27)14-6-5-7-16(10-14)29-2)18-12-15-11-17(30-3)8-9-19(15)25-23(18)24/h5-12,21H,4,13H2,1-3H3/t21-/m0/s1. The maximum atomic E-state index is 12.7. The molecule has 0 radical (unpaired) electrons. The predicted octanol–water partition coefficient (Wildman–Crippen LogP) is 4.99. The van der Waals surface area contributed by atoms with E-state index in [2.05, 4.69) is 10.1 Å². The zero-order chi connectivity index (χ0) is 21.3. The fraction of sp³-hybridized carbons (Fsp3) is 0.261. The van der Waals surface area contributed by atoms with Gasteiger partial charge in [-0.3, -0.25) is 4.79 Å². The lowest BCUT2D eigenvalue weighted by Gasteiger charge is -2.22. The number of pyridine rings is 1. The minimum Gasteiger partial charge on any atom is -0.497 e. The second kappa shape index (κ2) is 8.32. The Labute approximate surface area is 180 Å². The summed E-state index contributed by atoms with van der Waals surface area (Å²) >= 11 is 6.56. The lowest BCUT2D eigenvalue weighted by atomic mass is 9.98. The Morgan fingerprint density at radius 1 is 1.13 bits per heavy atom. The highest BCUT2D eigenvalue weighted by atomic mass is 35.5. The first-order chi connectivity index (χ1) is 14.5.